The number of fused-ring (bicyclic) bond motifs is 1. The van der Waals surface area contributed by atoms with Crippen LogP contribution in [0, 0.1) is 20.8 Å². The first kappa shape index (κ1) is 19.1. The maximum atomic E-state index is 12.8. The van der Waals surface area contributed by atoms with Gasteiger partial charge in [0.05, 0.1) is 28.4 Å². The molecule has 0 saturated heterocycles. The minimum atomic E-state index is -0.325. The molecule has 7 nitrogen and oxygen atoms in total. The maximum absolute atomic E-state index is 12.8. The highest BCUT2D eigenvalue weighted by Gasteiger charge is 2.20. The van der Waals surface area contributed by atoms with E-state index in [4.69, 9.17) is 8.94 Å². The quantitative estimate of drug-likeness (QED) is 0.614. The van der Waals surface area contributed by atoms with E-state index in [1.165, 1.54) is 0 Å². The van der Waals surface area contributed by atoms with Gasteiger partial charge in [0, 0.05) is 12.1 Å². The summed E-state index contributed by atoms with van der Waals surface area (Å²) in [6.07, 6.45) is 1.76. The average molecular weight is 371 g/mol. The smallest absolute Gasteiger partial charge is 0.259 e. The molecular formula is C20H25N3O4. The standard InChI is InChI=1S/C20H25N3O4/c1-5-14(24)7-6-8-21-19(25)16-10-17(15-9-11(2)26-13(15)4)22-20-18(16)12(3)23-27-20/h9-10,14,24H,5-8H2,1-4H3,(H,21,25). The van der Waals surface area contributed by atoms with Gasteiger partial charge in [-0.3, -0.25) is 4.79 Å². The van der Waals surface area contributed by atoms with Crippen LogP contribution in [0.15, 0.2) is 21.1 Å². The van der Waals surface area contributed by atoms with Gasteiger partial charge in [0.25, 0.3) is 11.6 Å². The molecular weight excluding hydrogens is 346 g/mol. The topological polar surface area (TPSA) is 101 Å². The molecule has 1 atom stereocenters. The van der Waals surface area contributed by atoms with Gasteiger partial charge in [0.2, 0.25) is 0 Å². The zero-order chi connectivity index (χ0) is 19.6. The van der Waals surface area contributed by atoms with Crippen molar-refractivity contribution in [2.75, 3.05) is 6.54 Å². The molecule has 1 amide bonds. The summed E-state index contributed by atoms with van der Waals surface area (Å²) < 4.78 is 10.9. The van der Waals surface area contributed by atoms with Crippen LogP contribution >= 0.6 is 0 Å². The van der Waals surface area contributed by atoms with Crippen molar-refractivity contribution < 1.29 is 18.8 Å². The van der Waals surface area contributed by atoms with Crippen LogP contribution < -0.4 is 5.32 Å². The van der Waals surface area contributed by atoms with Crippen LogP contribution in [0.3, 0.4) is 0 Å². The van der Waals surface area contributed by atoms with Gasteiger partial charge in [-0.05, 0) is 52.2 Å². The molecule has 2 N–H and O–H groups in total. The zero-order valence-corrected chi connectivity index (χ0v) is 16.1. The summed E-state index contributed by atoms with van der Waals surface area (Å²) in [7, 11) is 0. The summed E-state index contributed by atoms with van der Waals surface area (Å²) in [4.78, 5) is 17.3. The van der Waals surface area contributed by atoms with Gasteiger partial charge in [-0.2, -0.15) is 0 Å². The van der Waals surface area contributed by atoms with Crippen molar-refractivity contribution in [3.63, 3.8) is 0 Å². The lowest BCUT2D eigenvalue weighted by molar-refractivity contribution is 0.0950. The fourth-order valence-electron chi connectivity index (χ4n) is 3.14. The number of amides is 1. The Hall–Kier alpha value is -2.67. The van der Waals surface area contributed by atoms with Gasteiger partial charge in [0.1, 0.15) is 11.5 Å². The molecule has 3 aromatic rings. The van der Waals surface area contributed by atoms with Crippen LogP contribution in [0.4, 0.5) is 0 Å². The Morgan fingerprint density at radius 3 is 2.74 bits per heavy atom. The third-order valence-corrected chi connectivity index (χ3v) is 4.65. The molecule has 0 aliphatic heterocycles. The van der Waals surface area contributed by atoms with Crippen molar-refractivity contribution in [1.29, 1.82) is 0 Å². The summed E-state index contributed by atoms with van der Waals surface area (Å²) in [5.74, 6) is 1.30. The molecule has 1 unspecified atom stereocenters. The molecule has 0 bridgehead atoms. The van der Waals surface area contributed by atoms with Crippen molar-refractivity contribution in [3.05, 3.63) is 34.9 Å². The summed E-state index contributed by atoms with van der Waals surface area (Å²) in [5.41, 5.74) is 2.86. The Morgan fingerprint density at radius 2 is 2.07 bits per heavy atom. The number of nitrogens with one attached hydrogen (secondary N) is 1. The monoisotopic (exact) mass is 371 g/mol. The van der Waals surface area contributed by atoms with Crippen molar-refractivity contribution >= 4 is 17.0 Å². The highest BCUT2D eigenvalue weighted by Crippen LogP contribution is 2.30. The van der Waals surface area contributed by atoms with E-state index in [1.807, 2.05) is 26.8 Å². The number of carbonyl (C=O) groups excluding carboxylic acids is 1. The normalized spacial score (nSPS) is 12.5. The lowest BCUT2D eigenvalue weighted by Gasteiger charge is -2.10. The second-order valence-corrected chi connectivity index (χ2v) is 6.79. The number of aliphatic hydroxyl groups excluding tert-OH is 1. The summed E-state index contributed by atoms with van der Waals surface area (Å²) in [6.45, 7) is 7.94. The largest absolute Gasteiger partial charge is 0.466 e. The summed E-state index contributed by atoms with van der Waals surface area (Å²) in [6, 6.07) is 3.64. The summed E-state index contributed by atoms with van der Waals surface area (Å²) >= 11 is 0. The van der Waals surface area contributed by atoms with Crippen molar-refractivity contribution in [2.24, 2.45) is 0 Å². The SMILES string of the molecule is CCC(O)CCCNC(=O)c1cc(-c2cc(C)oc2C)nc2onc(C)c12. The number of aliphatic hydroxyl groups is 1. The molecule has 3 aromatic heterocycles. The van der Waals surface area contributed by atoms with Gasteiger partial charge in [-0.25, -0.2) is 4.98 Å². The van der Waals surface area contributed by atoms with E-state index in [0.717, 1.165) is 17.1 Å². The lowest BCUT2D eigenvalue weighted by atomic mass is 10.1. The Kier molecular flexibility index (Phi) is 5.60. The number of hydrogen-bond acceptors (Lipinski definition) is 6. The number of furan rings is 1. The van der Waals surface area contributed by atoms with E-state index in [9.17, 15) is 9.90 Å². The molecule has 144 valence electrons. The first-order valence-corrected chi connectivity index (χ1v) is 9.21. The fraction of sp³-hybridized carbons (Fsp3) is 0.450. The number of carbonyl (C=O) groups is 1. The van der Waals surface area contributed by atoms with Crippen molar-refractivity contribution in [3.8, 4) is 11.3 Å². The second kappa shape index (κ2) is 7.92. The zero-order valence-electron chi connectivity index (χ0n) is 16.1. The van der Waals surface area contributed by atoms with Crippen LogP contribution in [0.25, 0.3) is 22.4 Å². The number of rotatable bonds is 7. The minimum Gasteiger partial charge on any atom is -0.466 e. The lowest BCUT2D eigenvalue weighted by Crippen LogP contribution is -2.25. The Morgan fingerprint density at radius 1 is 1.30 bits per heavy atom. The number of hydrogen-bond donors (Lipinski definition) is 2. The number of nitrogens with zero attached hydrogens (tertiary/aromatic N) is 2. The molecule has 0 spiro atoms. The molecule has 0 radical (unpaired) electrons. The van der Waals surface area contributed by atoms with E-state index < -0.39 is 0 Å². The van der Waals surface area contributed by atoms with Gasteiger partial charge in [-0.1, -0.05) is 12.1 Å². The van der Waals surface area contributed by atoms with E-state index in [0.29, 0.717) is 53.9 Å². The van der Waals surface area contributed by atoms with Crippen LogP contribution in [-0.4, -0.2) is 33.8 Å². The van der Waals surface area contributed by atoms with Gasteiger partial charge < -0.3 is 19.4 Å². The van der Waals surface area contributed by atoms with Crippen LogP contribution in [0.5, 0.6) is 0 Å². The Balaban J connectivity index is 1.90. The second-order valence-electron chi connectivity index (χ2n) is 6.79. The molecule has 0 aliphatic carbocycles. The van der Waals surface area contributed by atoms with E-state index in [1.54, 1.807) is 13.0 Å². The molecule has 7 heteroatoms. The van der Waals surface area contributed by atoms with E-state index in [-0.39, 0.29) is 12.0 Å². The third kappa shape index (κ3) is 4.03. The third-order valence-electron chi connectivity index (χ3n) is 4.65. The molecule has 0 fully saturated rings. The first-order valence-electron chi connectivity index (χ1n) is 9.21. The van der Waals surface area contributed by atoms with Crippen LogP contribution in [0.1, 0.15) is 53.8 Å². The highest BCUT2D eigenvalue weighted by atomic mass is 16.5. The average Bonchev–Trinajstić information content (AvgIpc) is 3.19. The Bertz CT molecular complexity index is 958. The Labute approximate surface area is 157 Å². The molecule has 27 heavy (non-hydrogen) atoms. The predicted octanol–water partition coefficient (Wildman–Crippen LogP) is 3.69. The maximum Gasteiger partial charge on any atom is 0.259 e. The van der Waals surface area contributed by atoms with E-state index in [2.05, 4.69) is 15.5 Å². The van der Waals surface area contributed by atoms with Gasteiger partial charge in [-0.15, -0.1) is 0 Å². The van der Waals surface area contributed by atoms with Crippen molar-refractivity contribution in [1.82, 2.24) is 15.5 Å². The first-order chi connectivity index (χ1) is 12.9. The molecule has 0 saturated carbocycles. The number of pyridine rings is 1. The van der Waals surface area contributed by atoms with Crippen molar-refractivity contribution in [2.45, 2.75) is 53.1 Å². The highest BCUT2D eigenvalue weighted by molar-refractivity contribution is 6.07. The minimum absolute atomic E-state index is 0.209. The van der Waals surface area contributed by atoms with Gasteiger partial charge >= 0.3 is 0 Å². The number of aromatic nitrogens is 2. The van der Waals surface area contributed by atoms with E-state index >= 15 is 0 Å². The molecule has 0 aliphatic rings. The van der Waals surface area contributed by atoms with Crippen LogP contribution in [0.2, 0.25) is 0 Å². The molecule has 3 rings (SSSR count). The van der Waals surface area contributed by atoms with Crippen LogP contribution in [-0.2, 0) is 0 Å². The number of aryl methyl sites for hydroxylation is 3. The van der Waals surface area contributed by atoms with Gasteiger partial charge in [0.15, 0.2) is 0 Å². The predicted molar refractivity (Wildman–Crippen MR) is 102 cm³/mol. The molecule has 3 heterocycles. The summed E-state index contributed by atoms with van der Waals surface area (Å²) in [5, 5.41) is 17.1. The fourth-order valence-corrected chi connectivity index (χ4v) is 3.14. The molecule has 0 aromatic carbocycles.